The topological polar surface area (TPSA) is 42.4 Å². The van der Waals surface area contributed by atoms with Gasteiger partial charge in [0.25, 0.3) is 0 Å². The van der Waals surface area contributed by atoms with E-state index in [0.717, 1.165) is 24.8 Å². The third kappa shape index (κ3) is 2.92. The Balaban J connectivity index is 1.46. The number of aromatic nitrogens is 1. The van der Waals surface area contributed by atoms with Crippen LogP contribution in [0.4, 0.5) is 4.79 Å². The summed E-state index contributed by atoms with van der Waals surface area (Å²) in [4.78, 5) is 18.5. The average Bonchev–Trinajstić information content (AvgIpc) is 2.91. The van der Waals surface area contributed by atoms with Gasteiger partial charge in [-0.05, 0) is 48.1 Å². The van der Waals surface area contributed by atoms with Crippen LogP contribution in [-0.2, 0) is 11.3 Å². The minimum absolute atomic E-state index is 0.148. The Labute approximate surface area is 141 Å². The number of rotatable bonds is 3. The molecule has 1 saturated heterocycles. The number of nitrogens with zero attached hydrogens (tertiary/aromatic N) is 2. The highest BCUT2D eigenvalue weighted by Crippen LogP contribution is 2.38. The van der Waals surface area contributed by atoms with Crippen LogP contribution in [0.3, 0.4) is 0 Å². The van der Waals surface area contributed by atoms with Gasteiger partial charge >= 0.3 is 6.09 Å². The first-order chi connectivity index (χ1) is 11.8. The maximum Gasteiger partial charge on any atom is 0.410 e. The van der Waals surface area contributed by atoms with Gasteiger partial charge in [0.2, 0.25) is 0 Å². The van der Waals surface area contributed by atoms with Crippen LogP contribution in [0.15, 0.2) is 60.9 Å². The number of benzene rings is 1. The molecule has 4 heteroatoms. The average molecular weight is 320 g/mol. The first-order valence-electron chi connectivity index (χ1n) is 8.41. The molecule has 2 aliphatic rings. The molecule has 2 aliphatic heterocycles. The van der Waals surface area contributed by atoms with Gasteiger partial charge in [0, 0.05) is 18.4 Å². The third-order valence-electron chi connectivity index (χ3n) is 4.86. The van der Waals surface area contributed by atoms with Gasteiger partial charge in [0.05, 0.1) is 6.04 Å². The molecule has 0 aliphatic carbocycles. The summed E-state index contributed by atoms with van der Waals surface area (Å²) in [6.07, 6.45) is 8.60. The van der Waals surface area contributed by atoms with Crippen molar-refractivity contribution < 1.29 is 9.53 Å². The number of carbonyl (C=O) groups excluding carboxylic acids is 1. The molecule has 1 aromatic carbocycles. The summed E-state index contributed by atoms with van der Waals surface area (Å²) in [5.74, 6) is 0. The molecule has 2 aromatic rings. The zero-order valence-corrected chi connectivity index (χ0v) is 13.5. The highest BCUT2D eigenvalue weighted by molar-refractivity contribution is 5.74. The van der Waals surface area contributed by atoms with Gasteiger partial charge in [-0.25, -0.2) is 4.79 Å². The monoisotopic (exact) mass is 320 g/mol. The van der Waals surface area contributed by atoms with Crippen molar-refractivity contribution >= 4 is 11.7 Å². The number of fused-ring (bicyclic) bond motifs is 2. The summed E-state index contributed by atoms with van der Waals surface area (Å²) in [7, 11) is 0. The molecule has 0 radical (unpaired) electrons. The van der Waals surface area contributed by atoms with E-state index in [2.05, 4.69) is 11.1 Å². The Morgan fingerprint density at radius 3 is 2.67 bits per heavy atom. The second-order valence-corrected chi connectivity index (χ2v) is 6.38. The van der Waals surface area contributed by atoms with Gasteiger partial charge in [0.1, 0.15) is 6.61 Å². The normalized spacial score (nSPS) is 22.2. The van der Waals surface area contributed by atoms with Crippen molar-refractivity contribution in [3.05, 3.63) is 72.1 Å². The largest absolute Gasteiger partial charge is 0.445 e. The van der Waals surface area contributed by atoms with Crippen LogP contribution in [0.1, 0.15) is 30.4 Å². The van der Waals surface area contributed by atoms with E-state index in [1.54, 1.807) is 0 Å². The van der Waals surface area contributed by atoms with Crippen molar-refractivity contribution in [1.82, 2.24) is 9.88 Å². The van der Waals surface area contributed by atoms with Gasteiger partial charge in [0.15, 0.2) is 0 Å². The fourth-order valence-corrected chi connectivity index (χ4v) is 3.69. The lowest BCUT2D eigenvalue weighted by Gasteiger charge is -2.33. The predicted octanol–water partition coefficient (Wildman–Crippen LogP) is 4.04. The molecule has 1 aromatic heterocycles. The van der Waals surface area contributed by atoms with Crippen molar-refractivity contribution in [2.45, 2.75) is 38.0 Å². The number of hydrogen-bond donors (Lipinski definition) is 0. The molecule has 0 saturated carbocycles. The lowest BCUT2D eigenvalue weighted by Crippen LogP contribution is -2.43. The van der Waals surface area contributed by atoms with E-state index >= 15 is 0 Å². The fourth-order valence-electron chi connectivity index (χ4n) is 3.69. The molecule has 24 heavy (non-hydrogen) atoms. The number of hydrogen-bond acceptors (Lipinski definition) is 3. The molecule has 2 bridgehead atoms. The minimum atomic E-state index is -0.198. The van der Waals surface area contributed by atoms with E-state index in [1.807, 2.05) is 59.8 Å². The summed E-state index contributed by atoms with van der Waals surface area (Å²) in [5.41, 5.74) is 3.54. The van der Waals surface area contributed by atoms with Crippen LogP contribution in [0, 0.1) is 0 Å². The van der Waals surface area contributed by atoms with Gasteiger partial charge in [-0.3, -0.25) is 9.88 Å². The van der Waals surface area contributed by atoms with E-state index < -0.39 is 0 Å². The van der Waals surface area contributed by atoms with E-state index in [4.69, 9.17) is 4.74 Å². The summed E-state index contributed by atoms with van der Waals surface area (Å²) < 4.78 is 5.54. The van der Waals surface area contributed by atoms with E-state index in [1.165, 1.54) is 11.1 Å². The summed E-state index contributed by atoms with van der Waals surface area (Å²) in [5, 5.41) is 0. The second-order valence-electron chi connectivity index (χ2n) is 6.38. The zero-order chi connectivity index (χ0) is 16.4. The van der Waals surface area contributed by atoms with Crippen LogP contribution < -0.4 is 0 Å². The van der Waals surface area contributed by atoms with Crippen molar-refractivity contribution in [2.24, 2.45) is 0 Å². The maximum atomic E-state index is 12.5. The molecule has 4 nitrogen and oxygen atoms in total. The number of ether oxygens (including phenoxy) is 1. The van der Waals surface area contributed by atoms with Gasteiger partial charge in [-0.2, -0.15) is 0 Å². The van der Waals surface area contributed by atoms with Gasteiger partial charge in [-0.1, -0.05) is 36.4 Å². The molecule has 1 fully saturated rings. The minimum Gasteiger partial charge on any atom is -0.445 e. The van der Waals surface area contributed by atoms with Crippen molar-refractivity contribution in [2.75, 3.05) is 0 Å². The summed E-state index contributed by atoms with van der Waals surface area (Å²) in [6, 6.07) is 14.3. The van der Waals surface area contributed by atoms with Crippen LogP contribution in [0.5, 0.6) is 0 Å². The molecule has 2 unspecified atom stereocenters. The molecular formula is C20H20N2O2. The van der Waals surface area contributed by atoms with E-state index in [-0.39, 0.29) is 18.2 Å². The second kappa shape index (κ2) is 6.48. The highest BCUT2D eigenvalue weighted by atomic mass is 16.6. The Bertz CT molecular complexity index is 743. The summed E-state index contributed by atoms with van der Waals surface area (Å²) >= 11 is 0. The molecule has 0 spiro atoms. The lowest BCUT2D eigenvalue weighted by atomic mass is 9.96. The van der Waals surface area contributed by atoms with Gasteiger partial charge < -0.3 is 4.74 Å². The molecule has 122 valence electrons. The van der Waals surface area contributed by atoms with Crippen LogP contribution in [-0.4, -0.2) is 28.1 Å². The van der Waals surface area contributed by atoms with Crippen LogP contribution >= 0.6 is 0 Å². The molecular weight excluding hydrogens is 300 g/mol. The fraction of sp³-hybridized carbons (Fsp3) is 0.300. The first kappa shape index (κ1) is 14.9. The number of amides is 1. The summed E-state index contributed by atoms with van der Waals surface area (Å²) in [6.45, 7) is 0.330. The van der Waals surface area contributed by atoms with E-state index in [9.17, 15) is 4.79 Å². The number of carbonyl (C=O) groups is 1. The Morgan fingerprint density at radius 1 is 1.12 bits per heavy atom. The zero-order valence-electron chi connectivity index (χ0n) is 13.5. The smallest absolute Gasteiger partial charge is 0.410 e. The molecule has 2 atom stereocenters. The van der Waals surface area contributed by atoms with Crippen molar-refractivity contribution in [3.8, 4) is 0 Å². The quantitative estimate of drug-likeness (QED) is 0.857. The van der Waals surface area contributed by atoms with Crippen molar-refractivity contribution in [3.63, 3.8) is 0 Å². The Morgan fingerprint density at radius 2 is 1.92 bits per heavy atom. The third-order valence-corrected chi connectivity index (χ3v) is 4.86. The molecule has 0 N–H and O–H groups in total. The standard InChI is InChI=1S/C20H20N2O2/c23-20(24-14-15-4-2-1-3-5-15)22-18-6-7-19(22)13-17(12-18)16-8-10-21-11-9-16/h1-5,8-12,18-19H,6-7,13-14H2. The Kier molecular flexibility index (Phi) is 4.03. The Hall–Kier alpha value is -2.62. The molecule has 1 amide bonds. The number of pyridine rings is 1. The highest BCUT2D eigenvalue weighted by Gasteiger charge is 2.40. The maximum absolute atomic E-state index is 12.5. The van der Waals surface area contributed by atoms with Crippen LogP contribution in [0.25, 0.3) is 5.57 Å². The first-order valence-corrected chi connectivity index (χ1v) is 8.41. The van der Waals surface area contributed by atoms with Crippen LogP contribution in [0.2, 0.25) is 0 Å². The van der Waals surface area contributed by atoms with Gasteiger partial charge in [-0.15, -0.1) is 0 Å². The molecule has 3 heterocycles. The SMILES string of the molecule is O=C(OCc1ccccc1)N1C2C=C(c3ccncc3)CC1CC2. The van der Waals surface area contributed by atoms with E-state index in [0.29, 0.717) is 6.61 Å². The molecule has 4 rings (SSSR count). The predicted molar refractivity (Wildman–Crippen MR) is 92.1 cm³/mol. The lowest BCUT2D eigenvalue weighted by molar-refractivity contribution is 0.0832. The van der Waals surface area contributed by atoms with Crippen molar-refractivity contribution in [1.29, 1.82) is 0 Å².